The van der Waals surface area contributed by atoms with Gasteiger partial charge in [-0.1, -0.05) is 12.1 Å². The number of Topliss-reactive ketones (excluding diaryl/α,β-unsaturated/α-hetero) is 1. The van der Waals surface area contributed by atoms with Crippen LogP contribution in [-0.2, 0) is 4.79 Å². The number of urea groups is 1. The van der Waals surface area contributed by atoms with Crippen LogP contribution in [0.5, 0.6) is 5.75 Å². The van der Waals surface area contributed by atoms with Gasteiger partial charge < -0.3 is 15.0 Å². The largest absolute Gasteiger partial charge is 0.495 e. The molecule has 20 heavy (non-hydrogen) atoms. The Morgan fingerprint density at radius 2 is 2.15 bits per heavy atom. The molecule has 108 valence electrons. The summed E-state index contributed by atoms with van der Waals surface area (Å²) in [6.45, 7) is 2.26. The van der Waals surface area contributed by atoms with Crippen LogP contribution in [0.2, 0.25) is 0 Å². The van der Waals surface area contributed by atoms with E-state index in [1.165, 1.54) is 0 Å². The molecule has 0 aromatic heterocycles. The molecule has 0 aliphatic carbocycles. The summed E-state index contributed by atoms with van der Waals surface area (Å²) >= 11 is 0. The number of hydrogen-bond donors (Lipinski definition) is 1. The molecule has 1 aromatic carbocycles. The summed E-state index contributed by atoms with van der Waals surface area (Å²) in [5.74, 6) is 0.746. The molecule has 5 nitrogen and oxygen atoms in total. The van der Waals surface area contributed by atoms with Crippen LogP contribution >= 0.6 is 0 Å². The minimum atomic E-state index is -0.168. The first kappa shape index (κ1) is 14.4. The lowest BCUT2D eigenvalue weighted by molar-refractivity contribution is -0.117. The van der Waals surface area contributed by atoms with E-state index in [4.69, 9.17) is 4.74 Å². The molecule has 0 spiro atoms. The molecule has 0 bridgehead atoms. The first-order valence-corrected chi connectivity index (χ1v) is 6.82. The number of rotatable bonds is 4. The zero-order chi connectivity index (χ0) is 14.5. The van der Waals surface area contributed by atoms with Crippen molar-refractivity contribution < 1.29 is 14.3 Å². The van der Waals surface area contributed by atoms with Gasteiger partial charge in [-0.15, -0.1) is 0 Å². The van der Waals surface area contributed by atoms with E-state index >= 15 is 0 Å². The lowest BCUT2D eigenvalue weighted by Crippen LogP contribution is -2.39. The molecular weight excluding hydrogens is 256 g/mol. The number of anilines is 1. The van der Waals surface area contributed by atoms with E-state index in [-0.39, 0.29) is 17.9 Å². The van der Waals surface area contributed by atoms with E-state index in [0.717, 1.165) is 12.8 Å². The third-order valence-corrected chi connectivity index (χ3v) is 3.51. The number of ether oxygens (including phenoxy) is 1. The molecule has 2 rings (SSSR count). The zero-order valence-electron chi connectivity index (χ0n) is 11.9. The average molecular weight is 276 g/mol. The number of nitrogens with one attached hydrogen (secondary N) is 1. The Bertz CT molecular complexity index is 502. The molecule has 5 heteroatoms. The molecule has 1 atom stereocenters. The quantitative estimate of drug-likeness (QED) is 0.919. The normalized spacial score (nSPS) is 17.9. The van der Waals surface area contributed by atoms with Crippen LogP contribution in [-0.4, -0.2) is 36.4 Å². The minimum Gasteiger partial charge on any atom is -0.495 e. The number of hydrogen-bond acceptors (Lipinski definition) is 3. The van der Waals surface area contributed by atoms with Crippen molar-refractivity contribution in [2.45, 2.75) is 32.2 Å². The molecule has 2 amide bonds. The maximum atomic E-state index is 12.3. The summed E-state index contributed by atoms with van der Waals surface area (Å²) in [6.07, 6.45) is 2.26. The van der Waals surface area contributed by atoms with Crippen molar-refractivity contribution in [2.75, 3.05) is 19.0 Å². The van der Waals surface area contributed by atoms with Crippen LogP contribution in [0.15, 0.2) is 24.3 Å². The van der Waals surface area contributed by atoms with Gasteiger partial charge >= 0.3 is 6.03 Å². The SMILES string of the molecule is COc1ccccc1NC(=O)N1CCCC1CC(C)=O. The topological polar surface area (TPSA) is 58.6 Å². The lowest BCUT2D eigenvalue weighted by Gasteiger charge is -2.24. The van der Waals surface area contributed by atoms with Crippen LogP contribution in [0.1, 0.15) is 26.2 Å². The Morgan fingerprint density at radius 1 is 1.40 bits per heavy atom. The molecule has 1 saturated heterocycles. The van der Waals surface area contributed by atoms with Gasteiger partial charge in [0.2, 0.25) is 0 Å². The molecule has 0 saturated carbocycles. The van der Waals surface area contributed by atoms with Gasteiger partial charge in [0.1, 0.15) is 11.5 Å². The van der Waals surface area contributed by atoms with Crippen molar-refractivity contribution in [1.82, 2.24) is 4.90 Å². The predicted octanol–water partition coefficient (Wildman–Crippen LogP) is 2.67. The van der Waals surface area contributed by atoms with Gasteiger partial charge in [-0.05, 0) is 31.9 Å². The summed E-state index contributed by atoms with van der Waals surface area (Å²) in [5.41, 5.74) is 0.647. The lowest BCUT2D eigenvalue weighted by atomic mass is 10.1. The fourth-order valence-corrected chi connectivity index (χ4v) is 2.58. The monoisotopic (exact) mass is 276 g/mol. The molecule has 1 unspecified atom stereocenters. The zero-order valence-corrected chi connectivity index (χ0v) is 11.9. The van der Waals surface area contributed by atoms with Crippen molar-refractivity contribution in [3.8, 4) is 5.75 Å². The smallest absolute Gasteiger partial charge is 0.322 e. The van der Waals surface area contributed by atoms with Crippen LogP contribution in [0.4, 0.5) is 10.5 Å². The van der Waals surface area contributed by atoms with Crippen molar-refractivity contribution >= 4 is 17.5 Å². The van der Waals surface area contributed by atoms with E-state index < -0.39 is 0 Å². The van der Waals surface area contributed by atoms with Gasteiger partial charge in [-0.2, -0.15) is 0 Å². The minimum absolute atomic E-state index is 0.0159. The summed E-state index contributed by atoms with van der Waals surface area (Å²) in [4.78, 5) is 25.3. The van der Waals surface area contributed by atoms with Gasteiger partial charge in [0, 0.05) is 19.0 Å². The highest BCUT2D eigenvalue weighted by atomic mass is 16.5. The number of benzene rings is 1. The van der Waals surface area contributed by atoms with Crippen molar-refractivity contribution in [3.05, 3.63) is 24.3 Å². The van der Waals surface area contributed by atoms with Crippen LogP contribution in [0, 0.1) is 0 Å². The van der Waals surface area contributed by atoms with E-state index in [0.29, 0.717) is 24.4 Å². The van der Waals surface area contributed by atoms with Gasteiger partial charge in [-0.25, -0.2) is 4.79 Å². The molecule has 1 fully saturated rings. The van der Waals surface area contributed by atoms with Crippen molar-refractivity contribution in [1.29, 1.82) is 0 Å². The number of para-hydroxylation sites is 2. The molecule has 1 aliphatic rings. The number of carbonyl (C=O) groups excluding carboxylic acids is 2. The molecule has 1 aliphatic heterocycles. The second-order valence-corrected chi connectivity index (χ2v) is 5.03. The number of amides is 2. The maximum absolute atomic E-state index is 12.3. The van der Waals surface area contributed by atoms with Gasteiger partial charge in [0.05, 0.1) is 12.8 Å². The second kappa shape index (κ2) is 6.41. The Morgan fingerprint density at radius 3 is 2.85 bits per heavy atom. The Kier molecular flexibility index (Phi) is 4.61. The Hall–Kier alpha value is -2.04. The average Bonchev–Trinajstić information content (AvgIpc) is 2.86. The van der Waals surface area contributed by atoms with Crippen LogP contribution < -0.4 is 10.1 Å². The van der Waals surface area contributed by atoms with Crippen LogP contribution in [0.25, 0.3) is 0 Å². The molecule has 0 radical (unpaired) electrons. The number of methoxy groups -OCH3 is 1. The van der Waals surface area contributed by atoms with E-state index in [1.807, 2.05) is 12.1 Å². The Labute approximate surface area is 118 Å². The van der Waals surface area contributed by atoms with Crippen molar-refractivity contribution in [2.24, 2.45) is 0 Å². The standard InChI is InChI=1S/C15H20N2O3/c1-11(18)10-12-6-5-9-17(12)15(19)16-13-7-3-4-8-14(13)20-2/h3-4,7-8,12H,5-6,9-10H2,1-2H3,(H,16,19). The number of nitrogens with zero attached hydrogens (tertiary/aromatic N) is 1. The molecule has 1 N–H and O–H groups in total. The van der Waals surface area contributed by atoms with E-state index in [9.17, 15) is 9.59 Å². The third-order valence-electron chi connectivity index (χ3n) is 3.51. The molecular formula is C15H20N2O3. The summed E-state index contributed by atoms with van der Waals surface area (Å²) in [7, 11) is 1.57. The first-order chi connectivity index (χ1) is 9.61. The maximum Gasteiger partial charge on any atom is 0.322 e. The highest BCUT2D eigenvalue weighted by Gasteiger charge is 2.29. The number of carbonyl (C=O) groups is 2. The summed E-state index contributed by atoms with van der Waals surface area (Å²) < 4.78 is 5.21. The predicted molar refractivity (Wildman–Crippen MR) is 77.0 cm³/mol. The fraction of sp³-hybridized carbons (Fsp3) is 0.467. The molecule has 1 aromatic rings. The highest BCUT2D eigenvalue weighted by molar-refractivity contribution is 5.91. The number of ketones is 1. The third kappa shape index (κ3) is 3.29. The second-order valence-electron chi connectivity index (χ2n) is 5.03. The van der Waals surface area contributed by atoms with Gasteiger partial charge in [0.25, 0.3) is 0 Å². The van der Waals surface area contributed by atoms with Gasteiger partial charge in [-0.3, -0.25) is 4.79 Å². The van der Waals surface area contributed by atoms with E-state index in [2.05, 4.69) is 5.32 Å². The van der Waals surface area contributed by atoms with E-state index in [1.54, 1.807) is 31.1 Å². The van der Waals surface area contributed by atoms with Crippen LogP contribution in [0.3, 0.4) is 0 Å². The summed E-state index contributed by atoms with van der Waals surface area (Å²) in [6, 6.07) is 7.14. The Balaban J connectivity index is 2.05. The summed E-state index contributed by atoms with van der Waals surface area (Å²) in [5, 5.41) is 2.86. The fourth-order valence-electron chi connectivity index (χ4n) is 2.58. The first-order valence-electron chi connectivity index (χ1n) is 6.82. The molecule has 1 heterocycles. The van der Waals surface area contributed by atoms with Gasteiger partial charge in [0.15, 0.2) is 0 Å². The number of likely N-dealkylation sites (tertiary alicyclic amines) is 1. The highest BCUT2D eigenvalue weighted by Crippen LogP contribution is 2.26. The van der Waals surface area contributed by atoms with Crippen molar-refractivity contribution in [3.63, 3.8) is 0 Å².